The van der Waals surface area contributed by atoms with Gasteiger partial charge in [-0.15, -0.1) is 12.4 Å². The Kier molecular flexibility index (Phi) is 5.49. The largest absolute Gasteiger partial charge is 0.494 e. The standard InChI is InChI=1S/C21H17Cl2N5O.ClH/c1-29-19-15(22)7-6-13(18(19)23)17-12-5-3-2-4-11(12)8-16(17)28-9-14-20(24)25-10-26-21(14)27-28;/h2-7,9-10,16-17H,8H2,1H3,(H2,24,25,26,27);1H. The number of nitrogens with two attached hydrogens (primary N) is 1. The monoisotopic (exact) mass is 461 g/mol. The Balaban J connectivity index is 0.00000218. The second-order valence-corrected chi connectivity index (χ2v) is 7.82. The van der Waals surface area contributed by atoms with Crippen LogP contribution in [0.5, 0.6) is 5.75 Å². The third-order valence-corrected chi connectivity index (χ3v) is 6.21. The van der Waals surface area contributed by atoms with Gasteiger partial charge in [0.1, 0.15) is 12.1 Å². The number of rotatable bonds is 3. The number of ether oxygens (including phenoxy) is 1. The lowest BCUT2D eigenvalue weighted by atomic mass is 9.90. The van der Waals surface area contributed by atoms with E-state index in [-0.39, 0.29) is 24.4 Å². The summed E-state index contributed by atoms with van der Waals surface area (Å²) in [7, 11) is 1.57. The van der Waals surface area contributed by atoms with Gasteiger partial charge in [0.25, 0.3) is 0 Å². The lowest BCUT2D eigenvalue weighted by molar-refractivity contribution is 0.411. The summed E-state index contributed by atoms with van der Waals surface area (Å²) in [4.78, 5) is 8.32. The molecule has 30 heavy (non-hydrogen) atoms. The SMILES string of the molecule is COc1c(Cl)ccc(C2c3ccccc3CC2n2cc3c(N)ncnc3n2)c1Cl.Cl. The summed E-state index contributed by atoms with van der Waals surface area (Å²) in [5.74, 6) is 0.877. The third-order valence-electron chi connectivity index (χ3n) is 5.53. The van der Waals surface area contributed by atoms with Crippen molar-refractivity contribution < 1.29 is 4.74 Å². The van der Waals surface area contributed by atoms with Crippen LogP contribution in [0, 0.1) is 0 Å². The van der Waals surface area contributed by atoms with Crippen molar-refractivity contribution in [3.63, 3.8) is 0 Å². The first-order chi connectivity index (χ1) is 14.1. The summed E-state index contributed by atoms with van der Waals surface area (Å²) < 4.78 is 7.38. The number of halogens is 3. The Labute approximate surface area is 189 Å². The second kappa shape index (κ2) is 7.95. The summed E-state index contributed by atoms with van der Waals surface area (Å²) in [5, 5.41) is 6.43. The van der Waals surface area contributed by atoms with Gasteiger partial charge in [-0.2, -0.15) is 5.10 Å². The molecule has 2 aromatic carbocycles. The Hall–Kier alpha value is -2.54. The van der Waals surface area contributed by atoms with E-state index in [1.807, 2.05) is 35.1 Å². The van der Waals surface area contributed by atoms with Gasteiger partial charge in [0.15, 0.2) is 11.4 Å². The fraction of sp³-hybridized carbons (Fsp3) is 0.190. The Morgan fingerprint density at radius 3 is 2.67 bits per heavy atom. The lowest BCUT2D eigenvalue weighted by Crippen LogP contribution is -2.16. The van der Waals surface area contributed by atoms with Gasteiger partial charge in [-0.25, -0.2) is 9.97 Å². The molecule has 0 spiro atoms. The number of nitrogens with zero attached hydrogens (tertiary/aromatic N) is 4. The molecule has 0 saturated heterocycles. The van der Waals surface area contributed by atoms with E-state index in [1.165, 1.54) is 17.5 Å². The van der Waals surface area contributed by atoms with Crippen molar-refractivity contribution in [1.82, 2.24) is 19.7 Å². The Morgan fingerprint density at radius 2 is 1.90 bits per heavy atom. The molecule has 9 heteroatoms. The molecular formula is C21H18Cl3N5O. The number of aromatic nitrogens is 4. The zero-order chi connectivity index (χ0) is 20.1. The summed E-state index contributed by atoms with van der Waals surface area (Å²) in [6.07, 6.45) is 4.15. The van der Waals surface area contributed by atoms with Crippen LogP contribution >= 0.6 is 35.6 Å². The van der Waals surface area contributed by atoms with E-state index in [0.717, 1.165) is 17.4 Å². The van der Waals surface area contributed by atoms with Crippen LogP contribution in [-0.2, 0) is 6.42 Å². The van der Waals surface area contributed by atoms with E-state index in [1.54, 1.807) is 7.11 Å². The highest BCUT2D eigenvalue weighted by molar-refractivity contribution is 6.37. The average molecular weight is 463 g/mol. The number of hydrogen-bond acceptors (Lipinski definition) is 5. The van der Waals surface area contributed by atoms with Crippen molar-refractivity contribution in [3.05, 3.63) is 75.7 Å². The fourth-order valence-electron chi connectivity index (χ4n) is 4.21. The molecule has 154 valence electrons. The molecular weight excluding hydrogens is 445 g/mol. The maximum Gasteiger partial charge on any atom is 0.186 e. The number of methoxy groups -OCH3 is 1. The van der Waals surface area contributed by atoms with E-state index in [0.29, 0.717) is 27.3 Å². The summed E-state index contributed by atoms with van der Waals surface area (Å²) in [5.41, 5.74) is 10.0. The predicted octanol–water partition coefficient (Wildman–Crippen LogP) is 5.08. The van der Waals surface area contributed by atoms with Crippen molar-refractivity contribution in [2.45, 2.75) is 18.4 Å². The Morgan fingerprint density at radius 1 is 1.10 bits per heavy atom. The minimum absolute atomic E-state index is 0. The minimum Gasteiger partial charge on any atom is -0.494 e. The normalized spacial score (nSPS) is 17.6. The van der Waals surface area contributed by atoms with Gasteiger partial charge >= 0.3 is 0 Å². The second-order valence-electron chi connectivity index (χ2n) is 7.04. The van der Waals surface area contributed by atoms with Crippen LogP contribution in [0.3, 0.4) is 0 Å². The van der Waals surface area contributed by atoms with E-state index in [4.69, 9.17) is 33.7 Å². The van der Waals surface area contributed by atoms with E-state index in [2.05, 4.69) is 27.2 Å². The zero-order valence-corrected chi connectivity index (χ0v) is 18.2. The molecule has 6 nitrogen and oxygen atoms in total. The molecule has 0 saturated carbocycles. The van der Waals surface area contributed by atoms with Gasteiger partial charge < -0.3 is 10.5 Å². The average Bonchev–Trinajstić information content (AvgIpc) is 3.31. The Bertz CT molecular complexity index is 1240. The van der Waals surface area contributed by atoms with E-state index in [9.17, 15) is 0 Å². The van der Waals surface area contributed by atoms with Crippen molar-refractivity contribution in [3.8, 4) is 5.75 Å². The van der Waals surface area contributed by atoms with Gasteiger partial charge in [-0.1, -0.05) is 53.5 Å². The molecule has 0 amide bonds. The molecule has 0 bridgehead atoms. The maximum absolute atomic E-state index is 6.74. The molecule has 0 radical (unpaired) electrons. The summed E-state index contributed by atoms with van der Waals surface area (Å²) in [6.45, 7) is 0. The number of fused-ring (bicyclic) bond motifs is 2. The van der Waals surface area contributed by atoms with Gasteiger partial charge in [0, 0.05) is 12.1 Å². The maximum atomic E-state index is 6.74. The van der Waals surface area contributed by atoms with Gasteiger partial charge in [-0.3, -0.25) is 4.68 Å². The topological polar surface area (TPSA) is 78.9 Å². The smallest absolute Gasteiger partial charge is 0.186 e. The van der Waals surface area contributed by atoms with Crippen LogP contribution in [0.15, 0.2) is 48.9 Å². The van der Waals surface area contributed by atoms with Crippen LogP contribution in [0.4, 0.5) is 5.82 Å². The molecule has 1 aliphatic rings. The quantitative estimate of drug-likeness (QED) is 0.459. The predicted molar refractivity (Wildman–Crippen MR) is 121 cm³/mol. The van der Waals surface area contributed by atoms with E-state index >= 15 is 0 Å². The van der Waals surface area contributed by atoms with Gasteiger partial charge in [0.2, 0.25) is 0 Å². The summed E-state index contributed by atoms with van der Waals surface area (Å²) >= 11 is 13.0. The van der Waals surface area contributed by atoms with Crippen molar-refractivity contribution in [1.29, 1.82) is 0 Å². The molecule has 0 aliphatic heterocycles. The zero-order valence-electron chi connectivity index (χ0n) is 15.9. The number of hydrogen-bond donors (Lipinski definition) is 1. The van der Waals surface area contributed by atoms with Gasteiger partial charge in [-0.05, 0) is 29.2 Å². The first-order valence-electron chi connectivity index (χ1n) is 9.13. The highest BCUT2D eigenvalue weighted by atomic mass is 35.5. The lowest BCUT2D eigenvalue weighted by Gasteiger charge is -2.23. The minimum atomic E-state index is -0.0200. The number of anilines is 1. The van der Waals surface area contributed by atoms with Crippen LogP contribution in [0.25, 0.3) is 11.0 Å². The molecule has 2 atom stereocenters. The third kappa shape index (κ3) is 3.16. The van der Waals surface area contributed by atoms with Crippen molar-refractivity contribution >= 4 is 52.5 Å². The highest BCUT2D eigenvalue weighted by Crippen LogP contribution is 2.49. The molecule has 1 aliphatic carbocycles. The molecule has 2 aromatic heterocycles. The first-order valence-corrected chi connectivity index (χ1v) is 9.89. The number of benzene rings is 2. The van der Waals surface area contributed by atoms with Crippen LogP contribution < -0.4 is 10.5 Å². The van der Waals surface area contributed by atoms with Crippen LogP contribution in [-0.4, -0.2) is 26.9 Å². The summed E-state index contributed by atoms with van der Waals surface area (Å²) in [6, 6.07) is 12.1. The molecule has 4 aromatic rings. The molecule has 2 N–H and O–H groups in total. The van der Waals surface area contributed by atoms with Gasteiger partial charge in [0.05, 0.1) is 28.6 Å². The van der Waals surface area contributed by atoms with E-state index < -0.39 is 0 Å². The van der Waals surface area contributed by atoms with Crippen LogP contribution in [0.2, 0.25) is 10.0 Å². The molecule has 0 fully saturated rings. The molecule has 2 heterocycles. The van der Waals surface area contributed by atoms with Crippen molar-refractivity contribution in [2.75, 3.05) is 12.8 Å². The van der Waals surface area contributed by atoms with Crippen molar-refractivity contribution in [2.24, 2.45) is 0 Å². The highest BCUT2D eigenvalue weighted by Gasteiger charge is 2.37. The van der Waals surface area contributed by atoms with Crippen LogP contribution in [0.1, 0.15) is 28.7 Å². The fourth-order valence-corrected chi connectivity index (χ4v) is 4.86. The number of nitrogen functional groups attached to an aromatic ring is 1. The first kappa shape index (κ1) is 20.7. The molecule has 5 rings (SSSR count). The molecule has 2 unspecified atom stereocenters.